The average Bonchev–Trinajstić information content (AvgIpc) is 3.47. The molecule has 2 amide bonds. The summed E-state index contributed by atoms with van der Waals surface area (Å²) in [6.07, 6.45) is 2.15. The Morgan fingerprint density at radius 2 is 1.97 bits per heavy atom. The van der Waals surface area contributed by atoms with Gasteiger partial charge in [0.25, 0.3) is 0 Å². The average molecular weight is 485 g/mol. The summed E-state index contributed by atoms with van der Waals surface area (Å²) in [4.78, 5) is 24.4. The molecule has 3 aromatic rings. The predicted octanol–water partition coefficient (Wildman–Crippen LogP) is 2.93. The fraction of sp³-hybridized carbons (Fsp3) is 0.333. The Hall–Kier alpha value is -3.86. The van der Waals surface area contributed by atoms with Gasteiger partial charge >= 0.3 is 6.09 Å². The molecule has 184 valence electrons. The molecule has 1 fully saturated rings. The van der Waals surface area contributed by atoms with Crippen LogP contribution < -0.4 is 15.5 Å². The summed E-state index contributed by atoms with van der Waals surface area (Å²) in [5.41, 5.74) is 2.27. The van der Waals surface area contributed by atoms with Gasteiger partial charge in [0.05, 0.1) is 36.2 Å². The molecule has 35 heavy (non-hydrogen) atoms. The molecule has 3 N–H and O–H groups in total. The monoisotopic (exact) mass is 484 g/mol. The van der Waals surface area contributed by atoms with Crippen LogP contribution in [0.4, 0.5) is 19.3 Å². The molecular weight excluding hydrogens is 458 g/mol. The number of nitrogens with zero attached hydrogens (tertiary/aromatic N) is 3. The maximum absolute atomic E-state index is 14.9. The number of carbonyl (C=O) groups excluding carboxylic acids is 2. The van der Waals surface area contributed by atoms with Gasteiger partial charge in [0.1, 0.15) is 17.7 Å². The largest absolute Gasteiger partial charge is 0.442 e. The van der Waals surface area contributed by atoms with Crippen LogP contribution in [0.15, 0.2) is 42.6 Å². The Balaban J connectivity index is 1.35. The summed E-state index contributed by atoms with van der Waals surface area (Å²) in [5.74, 6) is -1.82. The number of halogens is 2. The molecule has 11 heteroatoms. The summed E-state index contributed by atoms with van der Waals surface area (Å²) >= 11 is 0. The first-order chi connectivity index (χ1) is 16.9. The third kappa shape index (κ3) is 6.18. The van der Waals surface area contributed by atoms with Crippen molar-refractivity contribution in [2.45, 2.75) is 32.4 Å². The molecule has 0 saturated carbocycles. The fourth-order valence-corrected chi connectivity index (χ4v) is 3.85. The van der Waals surface area contributed by atoms with Crippen molar-refractivity contribution in [2.75, 3.05) is 24.5 Å². The molecule has 2 aromatic carbocycles. The lowest BCUT2D eigenvalue weighted by Gasteiger charge is -2.15. The van der Waals surface area contributed by atoms with Crippen molar-refractivity contribution in [3.8, 4) is 11.1 Å². The summed E-state index contributed by atoms with van der Waals surface area (Å²) in [7, 11) is 0. The second-order valence-electron chi connectivity index (χ2n) is 8.30. The van der Waals surface area contributed by atoms with Crippen LogP contribution in [-0.4, -0.2) is 53.1 Å². The van der Waals surface area contributed by atoms with E-state index in [0.29, 0.717) is 12.1 Å². The number of hydrogen-bond donors (Lipinski definition) is 3. The van der Waals surface area contributed by atoms with E-state index >= 15 is 0 Å². The topological polar surface area (TPSA) is 112 Å². The zero-order valence-corrected chi connectivity index (χ0v) is 19.2. The van der Waals surface area contributed by atoms with Gasteiger partial charge in [-0.05, 0) is 42.6 Å². The number of hydrogen-bond acceptors (Lipinski definition) is 6. The number of ether oxygens (including phenoxy) is 1. The van der Waals surface area contributed by atoms with Crippen molar-refractivity contribution < 1.29 is 23.1 Å². The maximum atomic E-state index is 14.9. The summed E-state index contributed by atoms with van der Waals surface area (Å²) in [6.45, 7) is 2.99. The number of anilines is 1. The number of cyclic esters (lactones) is 1. The van der Waals surface area contributed by atoms with E-state index in [0.717, 1.165) is 47.7 Å². The van der Waals surface area contributed by atoms with Gasteiger partial charge in [-0.1, -0.05) is 29.5 Å². The molecule has 1 aliphatic heterocycles. The predicted molar refractivity (Wildman–Crippen MR) is 125 cm³/mol. The molecule has 9 nitrogen and oxygen atoms in total. The number of aromatic nitrogens is 3. The molecule has 1 aromatic heterocycles. The second-order valence-corrected chi connectivity index (χ2v) is 8.30. The van der Waals surface area contributed by atoms with E-state index < -0.39 is 23.8 Å². The lowest BCUT2D eigenvalue weighted by molar-refractivity contribution is -0.119. The van der Waals surface area contributed by atoms with Crippen LogP contribution in [0.3, 0.4) is 0 Å². The number of nitrogens with one attached hydrogen (secondary N) is 3. The highest BCUT2D eigenvalue weighted by atomic mass is 19.1. The lowest BCUT2D eigenvalue weighted by Crippen LogP contribution is -2.33. The Morgan fingerprint density at radius 1 is 1.23 bits per heavy atom. The van der Waals surface area contributed by atoms with Crippen molar-refractivity contribution in [3.05, 3.63) is 65.5 Å². The molecule has 1 aliphatic rings. The Bertz CT molecular complexity index is 1150. The number of aromatic amines is 1. The van der Waals surface area contributed by atoms with Gasteiger partial charge in [-0.15, -0.1) is 5.10 Å². The van der Waals surface area contributed by atoms with Crippen molar-refractivity contribution in [2.24, 2.45) is 0 Å². The SMILES string of the molecule is CC(=O)NC[C@H]1CN(c2cc(F)c(-c3ccc(CNCCCc4cnn[nH]4)cc3)c(F)c2)C(=O)O1. The number of amides is 2. The molecule has 0 aliphatic carbocycles. The second kappa shape index (κ2) is 11.0. The third-order valence-electron chi connectivity index (χ3n) is 5.63. The molecule has 0 spiro atoms. The molecule has 0 radical (unpaired) electrons. The molecule has 1 atom stereocenters. The minimum Gasteiger partial charge on any atom is -0.442 e. The minimum absolute atomic E-state index is 0.0609. The van der Waals surface area contributed by atoms with Crippen LogP contribution in [0.25, 0.3) is 11.1 Å². The molecule has 2 heterocycles. The highest BCUT2D eigenvalue weighted by Crippen LogP contribution is 2.32. The van der Waals surface area contributed by atoms with Gasteiger partial charge in [-0.3, -0.25) is 14.8 Å². The van der Waals surface area contributed by atoms with E-state index in [2.05, 4.69) is 26.0 Å². The normalized spacial score (nSPS) is 15.3. The Labute approximate surface area is 200 Å². The molecule has 1 saturated heterocycles. The van der Waals surface area contributed by atoms with E-state index in [1.54, 1.807) is 18.3 Å². The van der Waals surface area contributed by atoms with E-state index in [9.17, 15) is 18.4 Å². The number of carbonyl (C=O) groups is 2. The first-order valence-electron chi connectivity index (χ1n) is 11.3. The third-order valence-corrected chi connectivity index (χ3v) is 5.63. The van der Waals surface area contributed by atoms with Crippen molar-refractivity contribution >= 4 is 17.7 Å². The van der Waals surface area contributed by atoms with Gasteiger partial charge in [0, 0.05) is 13.5 Å². The van der Waals surface area contributed by atoms with E-state index in [1.807, 2.05) is 12.1 Å². The summed E-state index contributed by atoms with van der Waals surface area (Å²) < 4.78 is 35.0. The number of benzene rings is 2. The van der Waals surface area contributed by atoms with Crippen LogP contribution >= 0.6 is 0 Å². The summed E-state index contributed by atoms with van der Waals surface area (Å²) in [5, 5.41) is 16.1. The highest BCUT2D eigenvalue weighted by Gasteiger charge is 2.33. The van der Waals surface area contributed by atoms with Gasteiger partial charge in [-0.25, -0.2) is 13.6 Å². The minimum atomic E-state index is -0.780. The van der Waals surface area contributed by atoms with Gasteiger partial charge in [0.15, 0.2) is 0 Å². The quantitative estimate of drug-likeness (QED) is 0.382. The Morgan fingerprint density at radius 3 is 2.63 bits per heavy atom. The van der Waals surface area contributed by atoms with Crippen LogP contribution in [0.1, 0.15) is 24.6 Å². The van der Waals surface area contributed by atoms with Gasteiger partial charge in [-0.2, -0.15) is 0 Å². The molecule has 0 unspecified atom stereocenters. The molecule has 0 bridgehead atoms. The molecule has 4 rings (SSSR count). The zero-order chi connectivity index (χ0) is 24.8. The van der Waals surface area contributed by atoms with Gasteiger partial charge < -0.3 is 15.4 Å². The fourth-order valence-electron chi connectivity index (χ4n) is 3.85. The first kappa shape index (κ1) is 24.3. The number of rotatable bonds is 10. The standard InChI is InChI=1S/C24H26F2N6O3/c1-15(33)28-13-20-14-32(24(34)35-20)19-9-21(25)23(22(26)10-19)17-6-4-16(5-7-17)11-27-8-2-3-18-12-29-31-30-18/h4-7,9-10,12,20,27H,2-3,8,11,13-14H2,1H3,(H,28,33)(H,29,30,31)/t20-/m0/s1. The van der Waals surface area contributed by atoms with Gasteiger partial charge in [0.2, 0.25) is 5.91 Å². The smallest absolute Gasteiger partial charge is 0.414 e. The van der Waals surface area contributed by atoms with Crippen molar-refractivity contribution in [1.29, 1.82) is 0 Å². The lowest BCUT2D eigenvalue weighted by atomic mass is 10.0. The zero-order valence-electron chi connectivity index (χ0n) is 19.2. The summed E-state index contributed by atoms with van der Waals surface area (Å²) in [6, 6.07) is 9.21. The van der Waals surface area contributed by atoms with Crippen LogP contribution in [-0.2, 0) is 22.5 Å². The Kier molecular flexibility index (Phi) is 7.66. The van der Waals surface area contributed by atoms with E-state index in [1.165, 1.54) is 6.92 Å². The van der Waals surface area contributed by atoms with Crippen LogP contribution in [0.5, 0.6) is 0 Å². The van der Waals surface area contributed by atoms with Crippen LogP contribution in [0, 0.1) is 11.6 Å². The highest BCUT2D eigenvalue weighted by molar-refractivity contribution is 5.90. The van der Waals surface area contributed by atoms with Crippen LogP contribution in [0.2, 0.25) is 0 Å². The van der Waals surface area contributed by atoms with Crippen molar-refractivity contribution in [1.82, 2.24) is 26.0 Å². The maximum Gasteiger partial charge on any atom is 0.414 e. The van der Waals surface area contributed by atoms with E-state index in [-0.39, 0.29) is 30.2 Å². The number of H-pyrrole nitrogens is 1. The van der Waals surface area contributed by atoms with Crippen molar-refractivity contribution in [3.63, 3.8) is 0 Å². The molecular formula is C24H26F2N6O3. The number of aryl methyl sites for hydroxylation is 1. The van der Waals surface area contributed by atoms with E-state index in [4.69, 9.17) is 4.74 Å². The first-order valence-corrected chi connectivity index (χ1v) is 11.3.